The summed E-state index contributed by atoms with van der Waals surface area (Å²) in [5.41, 5.74) is 2.26. The van der Waals surface area contributed by atoms with Gasteiger partial charge < -0.3 is 9.72 Å². The van der Waals surface area contributed by atoms with Gasteiger partial charge in [0, 0.05) is 12.0 Å². The maximum absolute atomic E-state index is 12.4. The smallest absolute Gasteiger partial charge is 0.210 e. The number of hydrogen-bond donors (Lipinski definition) is 1. The Morgan fingerprint density at radius 2 is 1.82 bits per heavy atom. The zero-order valence-corrected chi connectivity index (χ0v) is 12.2. The number of benzene rings is 2. The highest BCUT2D eigenvalue weighted by Gasteiger charge is 2.12. The zero-order valence-electron chi connectivity index (χ0n) is 12.2. The van der Waals surface area contributed by atoms with Crippen molar-refractivity contribution < 1.29 is 9.53 Å². The van der Waals surface area contributed by atoms with Crippen LogP contribution in [0.3, 0.4) is 0 Å². The van der Waals surface area contributed by atoms with Crippen LogP contribution >= 0.6 is 0 Å². The third kappa shape index (κ3) is 3.06. The van der Waals surface area contributed by atoms with Crippen LogP contribution in [-0.2, 0) is 6.42 Å². The number of hydrogen-bond acceptors (Lipinski definition) is 3. The van der Waals surface area contributed by atoms with Gasteiger partial charge in [-0.05, 0) is 29.8 Å². The van der Waals surface area contributed by atoms with Crippen molar-refractivity contribution in [2.45, 2.75) is 6.42 Å². The van der Waals surface area contributed by atoms with Crippen molar-refractivity contribution in [3.63, 3.8) is 0 Å². The van der Waals surface area contributed by atoms with E-state index in [-0.39, 0.29) is 5.78 Å². The Balaban J connectivity index is 1.76. The van der Waals surface area contributed by atoms with E-state index in [9.17, 15) is 4.79 Å². The van der Waals surface area contributed by atoms with Crippen molar-refractivity contribution in [2.24, 2.45) is 0 Å². The highest BCUT2D eigenvalue weighted by atomic mass is 16.5. The molecule has 0 radical (unpaired) electrons. The number of H-pyrrole nitrogens is 1. The molecule has 0 amide bonds. The molecule has 0 bridgehead atoms. The fourth-order valence-corrected chi connectivity index (χ4v) is 2.25. The third-order valence-electron chi connectivity index (χ3n) is 3.44. The molecule has 2 aromatic carbocycles. The van der Waals surface area contributed by atoms with Crippen LogP contribution in [0.5, 0.6) is 5.75 Å². The van der Waals surface area contributed by atoms with E-state index in [2.05, 4.69) is 9.97 Å². The highest BCUT2D eigenvalue weighted by Crippen LogP contribution is 2.15. The van der Waals surface area contributed by atoms with E-state index < -0.39 is 0 Å². The minimum Gasteiger partial charge on any atom is -0.497 e. The van der Waals surface area contributed by atoms with Crippen LogP contribution in [-0.4, -0.2) is 22.9 Å². The van der Waals surface area contributed by atoms with Gasteiger partial charge in [0.25, 0.3) is 0 Å². The van der Waals surface area contributed by atoms with Gasteiger partial charge in [0.2, 0.25) is 5.78 Å². The Kier molecular flexibility index (Phi) is 4.01. The molecule has 4 heteroatoms. The molecule has 0 spiro atoms. The molecule has 0 aliphatic rings. The highest BCUT2D eigenvalue weighted by molar-refractivity contribution is 6.07. The van der Waals surface area contributed by atoms with E-state index in [1.807, 2.05) is 30.3 Å². The fraction of sp³-hybridized carbons (Fsp3) is 0.111. The predicted octanol–water partition coefficient (Wildman–Crippen LogP) is 3.24. The molecule has 110 valence electrons. The number of ether oxygens (including phenoxy) is 1. The fourth-order valence-electron chi connectivity index (χ4n) is 2.25. The van der Waals surface area contributed by atoms with Crippen LogP contribution in [0.4, 0.5) is 0 Å². The summed E-state index contributed by atoms with van der Waals surface area (Å²) in [6, 6.07) is 17.1. The molecular formula is C18H16N2O2. The van der Waals surface area contributed by atoms with Crippen LogP contribution < -0.4 is 4.74 Å². The van der Waals surface area contributed by atoms with Crippen molar-refractivity contribution in [1.82, 2.24) is 9.97 Å². The molecule has 0 saturated carbocycles. The summed E-state index contributed by atoms with van der Waals surface area (Å²) in [6.45, 7) is 0. The first-order valence-electron chi connectivity index (χ1n) is 7.03. The number of nitrogens with one attached hydrogen (secondary N) is 1. The third-order valence-corrected chi connectivity index (χ3v) is 3.44. The topological polar surface area (TPSA) is 55.0 Å². The predicted molar refractivity (Wildman–Crippen MR) is 84.3 cm³/mol. The quantitative estimate of drug-likeness (QED) is 0.734. The molecule has 0 fully saturated rings. The second kappa shape index (κ2) is 6.26. The summed E-state index contributed by atoms with van der Waals surface area (Å²) in [5, 5.41) is 0. The van der Waals surface area contributed by atoms with E-state index in [4.69, 9.17) is 4.74 Å². The number of methoxy groups -OCH3 is 1. The van der Waals surface area contributed by atoms with E-state index in [0.717, 1.165) is 17.1 Å². The van der Waals surface area contributed by atoms with Gasteiger partial charge in [-0.25, -0.2) is 4.98 Å². The molecule has 0 atom stereocenters. The number of carbonyl (C=O) groups is 1. The van der Waals surface area contributed by atoms with Crippen molar-refractivity contribution in [2.75, 3.05) is 7.11 Å². The Labute approximate surface area is 128 Å². The number of aromatic amines is 1. The maximum Gasteiger partial charge on any atom is 0.210 e. The van der Waals surface area contributed by atoms with Crippen molar-refractivity contribution in [3.05, 3.63) is 83.4 Å². The lowest BCUT2D eigenvalue weighted by Gasteiger charge is -2.01. The number of carbonyl (C=O) groups excluding carboxylic acids is 1. The maximum atomic E-state index is 12.4. The van der Waals surface area contributed by atoms with Crippen molar-refractivity contribution >= 4 is 5.78 Å². The Hall–Kier alpha value is -2.88. The van der Waals surface area contributed by atoms with Gasteiger partial charge in [-0.15, -0.1) is 0 Å². The van der Waals surface area contributed by atoms with Gasteiger partial charge in [0.15, 0.2) is 0 Å². The lowest BCUT2D eigenvalue weighted by atomic mass is 10.1. The molecule has 3 aromatic rings. The first kappa shape index (κ1) is 14.1. The number of aromatic nitrogens is 2. The molecule has 1 aromatic heterocycles. The van der Waals surface area contributed by atoms with E-state index in [0.29, 0.717) is 17.7 Å². The molecule has 0 saturated heterocycles. The average molecular weight is 292 g/mol. The molecule has 3 rings (SSSR count). The summed E-state index contributed by atoms with van der Waals surface area (Å²) in [4.78, 5) is 19.8. The summed E-state index contributed by atoms with van der Waals surface area (Å²) < 4.78 is 5.09. The Morgan fingerprint density at radius 3 is 2.50 bits per heavy atom. The minimum atomic E-state index is -0.0746. The lowest BCUT2D eigenvalue weighted by molar-refractivity contribution is 0.103. The van der Waals surface area contributed by atoms with Crippen molar-refractivity contribution in [3.8, 4) is 5.75 Å². The monoisotopic (exact) mass is 292 g/mol. The van der Waals surface area contributed by atoms with Gasteiger partial charge in [0.05, 0.1) is 13.3 Å². The first-order valence-corrected chi connectivity index (χ1v) is 7.03. The van der Waals surface area contributed by atoms with Gasteiger partial charge in [-0.3, -0.25) is 4.79 Å². The normalized spacial score (nSPS) is 10.4. The van der Waals surface area contributed by atoms with Gasteiger partial charge >= 0.3 is 0 Å². The Morgan fingerprint density at radius 1 is 1.09 bits per heavy atom. The van der Waals surface area contributed by atoms with Gasteiger partial charge in [-0.1, -0.05) is 30.3 Å². The second-order valence-corrected chi connectivity index (χ2v) is 4.96. The van der Waals surface area contributed by atoms with E-state index in [1.165, 1.54) is 0 Å². The first-order chi connectivity index (χ1) is 10.8. The van der Waals surface area contributed by atoms with Crippen LogP contribution in [0.25, 0.3) is 0 Å². The van der Waals surface area contributed by atoms with Crippen LogP contribution in [0, 0.1) is 0 Å². The SMILES string of the molecule is COc1ccc(C(=O)c2cnc(Cc3ccccc3)[nH]2)cc1. The standard InChI is InChI=1S/C18H16N2O2/c1-22-15-9-7-14(8-10-15)18(21)16-12-19-17(20-16)11-13-5-3-2-4-6-13/h2-10,12H,11H2,1H3,(H,19,20). The molecule has 22 heavy (non-hydrogen) atoms. The minimum absolute atomic E-state index is 0.0746. The summed E-state index contributed by atoms with van der Waals surface area (Å²) in [6.07, 6.45) is 2.27. The average Bonchev–Trinajstić information content (AvgIpc) is 3.04. The summed E-state index contributed by atoms with van der Waals surface area (Å²) in [7, 11) is 1.60. The van der Waals surface area contributed by atoms with E-state index >= 15 is 0 Å². The molecule has 0 aliphatic heterocycles. The van der Waals surface area contributed by atoms with Crippen LogP contribution in [0.2, 0.25) is 0 Å². The number of nitrogens with zero attached hydrogens (tertiary/aromatic N) is 1. The van der Waals surface area contributed by atoms with Crippen molar-refractivity contribution in [1.29, 1.82) is 0 Å². The number of rotatable bonds is 5. The molecule has 0 aliphatic carbocycles. The van der Waals surface area contributed by atoms with Gasteiger partial charge in [0.1, 0.15) is 17.3 Å². The molecule has 0 unspecified atom stereocenters. The lowest BCUT2D eigenvalue weighted by Crippen LogP contribution is -2.02. The Bertz CT molecular complexity index is 761. The largest absolute Gasteiger partial charge is 0.497 e. The zero-order chi connectivity index (χ0) is 15.4. The van der Waals surface area contributed by atoms with Crippen LogP contribution in [0.15, 0.2) is 60.8 Å². The summed E-state index contributed by atoms with van der Waals surface area (Å²) in [5.74, 6) is 1.43. The molecule has 4 nitrogen and oxygen atoms in total. The molecular weight excluding hydrogens is 276 g/mol. The van der Waals surface area contributed by atoms with Gasteiger partial charge in [-0.2, -0.15) is 0 Å². The van der Waals surface area contributed by atoms with E-state index in [1.54, 1.807) is 37.6 Å². The number of ketones is 1. The number of imidazole rings is 1. The van der Waals surface area contributed by atoms with Crippen LogP contribution in [0.1, 0.15) is 27.4 Å². The second-order valence-electron chi connectivity index (χ2n) is 4.96. The molecule has 1 N–H and O–H groups in total. The summed E-state index contributed by atoms with van der Waals surface area (Å²) >= 11 is 0. The molecule has 1 heterocycles.